The highest BCUT2D eigenvalue weighted by atomic mass is 79.9. The van der Waals surface area contributed by atoms with Gasteiger partial charge in [-0.25, -0.2) is 0 Å². The number of hydrogen-bond acceptors (Lipinski definition) is 2. The molecule has 0 radical (unpaired) electrons. The highest BCUT2D eigenvalue weighted by molar-refractivity contribution is 9.10. The molecule has 2 fully saturated rings. The standard InChI is InChI=1S/C16H19BrN2/c17-14-7-6-13(10-18)16(9-14)19-15-3-1-2-12(8-15)11-4-5-11/h6-7,9,11-12,15,19H,1-5,8H2. The molecule has 2 aliphatic rings. The Kier molecular flexibility index (Phi) is 3.79. The smallest absolute Gasteiger partial charge is 0.101 e. The second-order valence-electron chi connectivity index (χ2n) is 5.91. The number of benzene rings is 1. The van der Waals surface area contributed by atoms with Gasteiger partial charge in [-0.15, -0.1) is 0 Å². The summed E-state index contributed by atoms with van der Waals surface area (Å²) in [5.41, 5.74) is 1.73. The Morgan fingerprint density at radius 1 is 1.16 bits per heavy atom. The van der Waals surface area contributed by atoms with Crippen molar-refractivity contribution in [1.82, 2.24) is 0 Å². The Bertz CT molecular complexity index is 502. The van der Waals surface area contributed by atoms with Gasteiger partial charge in [-0.2, -0.15) is 5.26 Å². The van der Waals surface area contributed by atoms with E-state index in [1.165, 1.54) is 38.5 Å². The molecule has 0 spiro atoms. The number of nitrogens with one attached hydrogen (secondary N) is 1. The molecule has 3 rings (SSSR count). The minimum Gasteiger partial charge on any atom is -0.381 e. The molecule has 2 atom stereocenters. The maximum Gasteiger partial charge on any atom is 0.101 e. The molecule has 0 amide bonds. The molecular weight excluding hydrogens is 300 g/mol. The largest absolute Gasteiger partial charge is 0.381 e. The average molecular weight is 319 g/mol. The summed E-state index contributed by atoms with van der Waals surface area (Å²) in [6, 6.07) is 8.66. The van der Waals surface area contributed by atoms with Gasteiger partial charge in [-0.3, -0.25) is 0 Å². The van der Waals surface area contributed by atoms with E-state index in [9.17, 15) is 5.26 Å². The maximum atomic E-state index is 9.18. The van der Waals surface area contributed by atoms with Crippen LogP contribution in [0.5, 0.6) is 0 Å². The highest BCUT2D eigenvalue weighted by Gasteiger charge is 2.34. The Labute approximate surface area is 123 Å². The van der Waals surface area contributed by atoms with Crippen molar-refractivity contribution in [3.05, 3.63) is 28.2 Å². The van der Waals surface area contributed by atoms with Gasteiger partial charge in [0.15, 0.2) is 0 Å². The fourth-order valence-corrected chi connectivity index (χ4v) is 3.67. The van der Waals surface area contributed by atoms with Gasteiger partial charge in [0.2, 0.25) is 0 Å². The van der Waals surface area contributed by atoms with Crippen LogP contribution in [0.25, 0.3) is 0 Å². The molecule has 1 N–H and O–H groups in total. The maximum absolute atomic E-state index is 9.18. The lowest BCUT2D eigenvalue weighted by atomic mass is 9.82. The summed E-state index contributed by atoms with van der Waals surface area (Å²) in [5.74, 6) is 1.92. The van der Waals surface area contributed by atoms with Gasteiger partial charge in [-0.05, 0) is 55.7 Å². The lowest BCUT2D eigenvalue weighted by molar-refractivity contribution is 0.303. The second-order valence-corrected chi connectivity index (χ2v) is 6.82. The van der Waals surface area contributed by atoms with Crippen LogP contribution in [0.1, 0.15) is 44.1 Å². The fourth-order valence-electron chi connectivity index (χ4n) is 3.31. The molecule has 19 heavy (non-hydrogen) atoms. The van der Waals surface area contributed by atoms with Crippen LogP contribution in [0.3, 0.4) is 0 Å². The average Bonchev–Trinajstić information content (AvgIpc) is 3.24. The molecule has 0 aromatic heterocycles. The van der Waals surface area contributed by atoms with Gasteiger partial charge in [0, 0.05) is 10.5 Å². The molecule has 0 bridgehead atoms. The zero-order chi connectivity index (χ0) is 13.2. The van der Waals surface area contributed by atoms with Gasteiger partial charge in [0.1, 0.15) is 6.07 Å². The molecule has 1 aromatic carbocycles. The molecule has 0 aliphatic heterocycles. The van der Waals surface area contributed by atoms with Crippen LogP contribution in [0.15, 0.2) is 22.7 Å². The van der Waals surface area contributed by atoms with Crippen LogP contribution in [-0.4, -0.2) is 6.04 Å². The number of nitrogens with zero attached hydrogens (tertiary/aromatic N) is 1. The quantitative estimate of drug-likeness (QED) is 0.876. The summed E-state index contributed by atoms with van der Waals surface area (Å²) in [5, 5.41) is 12.8. The SMILES string of the molecule is N#Cc1ccc(Br)cc1NC1CCCC(C2CC2)C1. The monoisotopic (exact) mass is 318 g/mol. The Hall–Kier alpha value is -1.01. The number of anilines is 1. The number of rotatable bonds is 3. The van der Waals surface area contributed by atoms with E-state index in [-0.39, 0.29) is 0 Å². The number of nitriles is 1. The van der Waals surface area contributed by atoms with Gasteiger partial charge in [0.05, 0.1) is 11.3 Å². The van der Waals surface area contributed by atoms with E-state index in [0.29, 0.717) is 6.04 Å². The van der Waals surface area contributed by atoms with E-state index in [1.807, 2.05) is 18.2 Å². The molecule has 3 heteroatoms. The van der Waals surface area contributed by atoms with Crippen molar-refractivity contribution in [1.29, 1.82) is 5.26 Å². The first-order chi connectivity index (χ1) is 9.26. The lowest BCUT2D eigenvalue weighted by Crippen LogP contribution is -2.28. The highest BCUT2D eigenvalue weighted by Crippen LogP contribution is 2.44. The van der Waals surface area contributed by atoms with Crippen molar-refractivity contribution < 1.29 is 0 Å². The second kappa shape index (κ2) is 5.54. The minimum atomic E-state index is 0.542. The van der Waals surface area contributed by atoms with E-state index in [0.717, 1.165) is 27.6 Å². The van der Waals surface area contributed by atoms with Crippen molar-refractivity contribution >= 4 is 21.6 Å². The molecule has 2 saturated carbocycles. The summed E-state index contributed by atoms with van der Waals surface area (Å²) in [6.45, 7) is 0. The molecule has 0 heterocycles. The van der Waals surface area contributed by atoms with Gasteiger partial charge in [-0.1, -0.05) is 28.8 Å². The van der Waals surface area contributed by atoms with Crippen molar-refractivity contribution in [2.75, 3.05) is 5.32 Å². The minimum absolute atomic E-state index is 0.542. The molecule has 0 saturated heterocycles. The van der Waals surface area contributed by atoms with Crippen LogP contribution < -0.4 is 5.32 Å². The first-order valence-electron chi connectivity index (χ1n) is 7.22. The van der Waals surface area contributed by atoms with Crippen LogP contribution in [-0.2, 0) is 0 Å². The van der Waals surface area contributed by atoms with Crippen LogP contribution in [0, 0.1) is 23.2 Å². The van der Waals surface area contributed by atoms with Crippen molar-refractivity contribution in [2.45, 2.75) is 44.6 Å². The van der Waals surface area contributed by atoms with Gasteiger partial charge < -0.3 is 5.32 Å². The zero-order valence-corrected chi connectivity index (χ0v) is 12.6. The summed E-state index contributed by atoms with van der Waals surface area (Å²) in [7, 11) is 0. The molecule has 2 unspecified atom stereocenters. The predicted molar refractivity (Wildman–Crippen MR) is 80.9 cm³/mol. The summed E-state index contributed by atoms with van der Waals surface area (Å²) in [4.78, 5) is 0. The van der Waals surface area contributed by atoms with E-state index in [4.69, 9.17) is 0 Å². The van der Waals surface area contributed by atoms with Crippen LogP contribution in [0.2, 0.25) is 0 Å². The van der Waals surface area contributed by atoms with E-state index >= 15 is 0 Å². The third-order valence-electron chi connectivity index (χ3n) is 4.47. The molecule has 2 nitrogen and oxygen atoms in total. The van der Waals surface area contributed by atoms with Gasteiger partial charge in [0.25, 0.3) is 0 Å². The summed E-state index contributed by atoms with van der Waals surface area (Å²) in [6.07, 6.45) is 8.14. The first kappa shape index (κ1) is 13.0. The Morgan fingerprint density at radius 3 is 2.74 bits per heavy atom. The first-order valence-corrected chi connectivity index (χ1v) is 8.02. The Morgan fingerprint density at radius 2 is 2.00 bits per heavy atom. The summed E-state index contributed by atoms with van der Waals surface area (Å²) >= 11 is 3.49. The van der Waals surface area contributed by atoms with Crippen molar-refractivity contribution in [3.63, 3.8) is 0 Å². The number of hydrogen-bond donors (Lipinski definition) is 1. The molecule has 2 aliphatic carbocycles. The Balaban J connectivity index is 1.70. The zero-order valence-electron chi connectivity index (χ0n) is 11.0. The van der Waals surface area contributed by atoms with Crippen molar-refractivity contribution in [2.24, 2.45) is 11.8 Å². The lowest BCUT2D eigenvalue weighted by Gasteiger charge is -2.30. The van der Waals surface area contributed by atoms with Crippen molar-refractivity contribution in [3.8, 4) is 6.07 Å². The summed E-state index contributed by atoms with van der Waals surface area (Å²) < 4.78 is 1.03. The van der Waals surface area contributed by atoms with Crippen LogP contribution in [0.4, 0.5) is 5.69 Å². The van der Waals surface area contributed by atoms with Gasteiger partial charge >= 0.3 is 0 Å². The fraction of sp³-hybridized carbons (Fsp3) is 0.562. The topological polar surface area (TPSA) is 35.8 Å². The van der Waals surface area contributed by atoms with E-state index in [2.05, 4.69) is 27.3 Å². The normalized spacial score (nSPS) is 26.7. The molecule has 1 aromatic rings. The van der Waals surface area contributed by atoms with E-state index < -0.39 is 0 Å². The molecule has 100 valence electrons. The third kappa shape index (κ3) is 3.12. The third-order valence-corrected chi connectivity index (χ3v) is 4.96. The predicted octanol–water partition coefficient (Wildman–Crippen LogP) is 4.70. The van der Waals surface area contributed by atoms with E-state index in [1.54, 1.807) is 0 Å². The van der Waals surface area contributed by atoms with Crippen LogP contribution >= 0.6 is 15.9 Å². The number of halogens is 1. The molecular formula is C16H19BrN2.